The van der Waals surface area contributed by atoms with E-state index in [1.807, 2.05) is 18.2 Å². The van der Waals surface area contributed by atoms with E-state index >= 15 is 0 Å². The number of aliphatic hydroxyl groups is 2. The molecule has 0 radical (unpaired) electrons. The number of ketones is 1. The smallest absolute Gasteiger partial charge is 0.193 e. The number of aliphatic hydroxyl groups excluding tert-OH is 2. The van der Waals surface area contributed by atoms with Gasteiger partial charge in [0.05, 0.1) is 19.8 Å². The molecular formula is C18H20O5. The fraction of sp³-hybridized carbons (Fsp3) is 0.278. The molecular weight excluding hydrogens is 296 g/mol. The Kier molecular flexibility index (Phi) is 6.75. The Morgan fingerprint density at radius 1 is 0.957 bits per heavy atom. The van der Waals surface area contributed by atoms with Crippen molar-refractivity contribution in [1.29, 1.82) is 0 Å². The molecule has 2 N–H and O–H groups in total. The molecule has 0 bridgehead atoms. The molecule has 1 atom stereocenters. The summed E-state index contributed by atoms with van der Waals surface area (Å²) in [6.07, 6.45) is -0.771. The lowest BCUT2D eigenvalue weighted by Gasteiger charge is -2.12. The quantitative estimate of drug-likeness (QED) is 0.543. The molecule has 5 heteroatoms. The molecule has 0 spiro atoms. The molecule has 2 aromatic carbocycles. The summed E-state index contributed by atoms with van der Waals surface area (Å²) in [4.78, 5) is 12.3. The maximum absolute atomic E-state index is 12.3. The Morgan fingerprint density at radius 2 is 1.61 bits per heavy atom. The third kappa shape index (κ3) is 5.49. The molecule has 0 saturated carbocycles. The van der Waals surface area contributed by atoms with Crippen molar-refractivity contribution in [2.75, 3.05) is 26.4 Å². The van der Waals surface area contributed by atoms with Gasteiger partial charge in [-0.1, -0.05) is 30.3 Å². The fourth-order valence-electron chi connectivity index (χ4n) is 1.98. The van der Waals surface area contributed by atoms with Crippen LogP contribution in [0.25, 0.3) is 0 Å². The second-order valence-corrected chi connectivity index (χ2v) is 4.98. The number of hydrogen-bond acceptors (Lipinski definition) is 5. The predicted molar refractivity (Wildman–Crippen MR) is 85.7 cm³/mol. The molecule has 0 heterocycles. The van der Waals surface area contributed by atoms with Gasteiger partial charge in [0.15, 0.2) is 5.78 Å². The lowest BCUT2D eigenvalue weighted by molar-refractivity contribution is 0.00134. The third-order valence-corrected chi connectivity index (χ3v) is 3.14. The van der Waals surface area contributed by atoms with Gasteiger partial charge in [-0.05, 0) is 24.3 Å². The van der Waals surface area contributed by atoms with Crippen molar-refractivity contribution in [3.8, 4) is 5.75 Å². The van der Waals surface area contributed by atoms with E-state index < -0.39 is 6.10 Å². The Bertz CT molecular complexity index is 595. The Morgan fingerprint density at radius 3 is 2.26 bits per heavy atom. The molecule has 23 heavy (non-hydrogen) atoms. The van der Waals surface area contributed by atoms with Crippen LogP contribution < -0.4 is 4.74 Å². The molecule has 0 amide bonds. The van der Waals surface area contributed by atoms with Gasteiger partial charge >= 0.3 is 0 Å². The van der Waals surface area contributed by atoms with Crippen LogP contribution in [0.2, 0.25) is 0 Å². The summed E-state index contributed by atoms with van der Waals surface area (Å²) in [7, 11) is 0. The molecule has 1 unspecified atom stereocenters. The van der Waals surface area contributed by atoms with Crippen molar-refractivity contribution in [3.63, 3.8) is 0 Å². The van der Waals surface area contributed by atoms with Crippen LogP contribution in [0.15, 0.2) is 54.6 Å². The van der Waals surface area contributed by atoms with E-state index in [1.54, 1.807) is 36.4 Å². The zero-order valence-electron chi connectivity index (χ0n) is 12.7. The first-order valence-corrected chi connectivity index (χ1v) is 7.40. The van der Waals surface area contributed by atoms with Crippen LogP contribution in [0.4, 0.5) is 0 Å². The molecule has 0 aliphatic rings. The standard InChI is InChI=1S/C18H20O5/c19-10-11-22-12-16(20)13-23-17-8-6-15(7-9-17)18(21)14-4-2-1-3-5-14/h1-9,16,19-20H,10-13H2. The van der Waals surface area contributed by atoms with E-state index in [2.05, 4.69) is 0 Å². The molecule has 5 nitrogen and oxygen atoms in total. The van der Waals surface area contributed by atoms with E-state index in [0.717, 1.165) is 0 Å². The molecule has 0 saturated heterocycles. The van der Waals surface area contributed by atoms with Crippen LogP contribution >= 0.6 is 0 Å². The Labute approximate surface area is 135 Å². The number of rotatable bonds is 9. The van der Waals surface area contributed by atoms with Crippen molar-refractivity contribution in [3.05, 3.63) is 65.7 Å². The van der Waals surface area contributed by atoms with Crippen LogP contribution in [0.1, 0.15) is 15.9 Å². The summed E-state index contributed by atoms with van der Waals surface area (Å²) in [6.45, 7) is 0.292. The second kappa shape index (κ2) is 9.05. The third-order valence-electron chi connectivity index (χ3n) is 3.14. The van der Waals surface area contributed by atoms with Gasteiger partial charge < -0.3 is 19.7 Å². The summed E-state index contributed by atoms with van der Waals surface area (Å²) in [5.41, 5.74) is 1.22. The molecule has 0 aliphatic carbocycles. The van der Waals surface area contributed by atoms with Crippen LogP contribution in [0, 0.1) is 0 Å². The topological polar surface area (TPSA) is 76.0 Å². The first kappa shape index (κ1) is 17.1. The number of carbonyl (C=O) groups excluding carboxylic acids is 1. The zero-order valence-corrected chi connectivity index (χ0v) is 12.7. The predicted octanol–water partition coefficient (Wildman–Crippen LogP) is 1.67. The minimum Gasteiger partial charge on any atom is -0.491 e. The van der Waals surface area contributed by atoms with E-state index in [4.69, 9.17) is 14.6 Å². The van der Waals surface area contributed by atoms with Gasteiger partial charge in [-0.2, -0.15) is 0 Å². The summed E-state index contributed by atoms with van der Waals surface area (Å²) < 4.78 is 10.4. The minimum absolute atomic E-state index is 0.0467. The van der Waals surface area contributed by atoms with Gasteiger partial charge in [0.1, 0.15) is 18.5 Å². The molecule has 2 aromatic rings. The average Bonchev–Trinajstić information content (AvgIpc) is 2.61. The van der Waals surface area contributed by atoms with Crippen molar-refractivity contribution < 1.29 is 24.5 Å². The maximum atomic E-state index is 12.3. The highest BCUT2D eigenvalue weighted by Gasteiger charge is 2.09. The van der Waals surface area contributed by atoms with Gasteiger partial charge in [0, 0.05) is 11.1 Å². The van der Waals surface area contributed by atoms with Crippen molar-refractivity contribution in [2.24, 2.45) is 0 Å². The summed E-state index contributed by atoms with van der Waals surface area (Å²) in [5, 5.41) is 18.2. The lowest BCUT2D eigenvalue weighted by Crippen LogP contribution is -2.24. The highest BCUT2D eigenvalue weighted by Crippen LogP contribution is 2.15. The van der Waals surface area contributed by atoms with Crippen molar-refractivity contribution in [2.45, 2.75) is 6.10 Å². The molecule has 0 aromatic heterocycles. The van der Waals surface area contributed by atoms with Crippen molar-refractivity contribution >= 4 is 5.78 Å². The highest BCUT2D eigenvalue weighted by molar-refractivity contribution is 6.08. The lowest BCUT2D eigenvalue weighted by atomic mass is 10.0. The van der Waals surface area contributed by atoms with Crippen LogP contribution in [-0.2, 0) is 4.74 Å². The fourth-order valence-corrected chi connectivity index (χ4v) is 1.98. The minimum atomic E-state index is -0.771. The van der Waals surface area contributed by atoms with Crippen molar-refractivity contribution in [1.82, 2.24) is 0 Å². The summed E-state index contributed by atoms with van der Waals surface area (Å²) in [5.74, 6) is 0.519. The SMILES string of the molecule is O=C(c1ccccc1)c1ccc(OCC(O)COCCO)cc1. The highest BCUT2D eigenvalue weighted by atomic mass is 16.5. The molecule has 0 aliphatic heterocycles. The second-order valence-electron chi connectivity index (χ2n) is 4.98. The van der Waals surface area contributed by atoms with E-state index in [-0.39, 0.29) is 32.2 Å². The van der Waals surface area contributed by atoms with Gasteiger partial charge in [-0.25, -0.2) is 0 Å². The molecule has 0 fully saturated rings. The van der Waals surface area contributed by atoms with Gasteiger partial charge in [0.25, 0.3) is 0 Å². The monoisotopic (exact) mass is 316 g/mol. The largest absolute Gasteiger partial charge is 0.491 e. The molecule has 122 valence electrons. The number of hydrogen-bond donors (Lipinski definition) is 2. The number of carbonyl (C=O) groups is 1. The normalized spacial score (nSPS) is 11.9. The van der Waals surface area contributed by atoms with Crippen LogP contribution in [-0.4, -0.2) is 48.5 Å². The Balaban J connectivity index is 1.86. The van der Waals surface area contributed by atoms with Gasteiger partial charge in [-0.3, -0.25) is 4.79 Å². The van der Waals surface area contributed by atoms with Gasteiger partial charge in [-0.15, -0.1) is 0 Å². The van der Waals surface area contributed by atoms with Crippen LogP contribution in [0.5, 0.6) is 5.75 Å². The van der Waals surface area contributed by atoms with E-state index in [1.165, 1.54) is 0 Å². The first-order chi connectivity index (χ1) is 11.2. The Hall–Kier alpha value is -2.21. The maximum Gasteiger partial charge on any atom is 0.193 e. The average molecular weight is 316 g/mol. The zero-order chi connectivity index (χ0) is 16.5. The number of benzene rings is 2. The summed E-state index contributed by atoms with van der Waals surface area (Å²) in [6, 6.07) is 15.8. The van der Waals surface area contributed by atoms with E-state index in [9.17, 15) is 9.90 Å². The number of ether oxygens (including phenoxy) is 2. The summed E-state index contributed by atoms with van der Waals surface area (Å²) >= 11 is 0. The molecule has 2 rings (SSSR count). The van der Waals surface area contributed by atoms with E-state index in [0.29, 0.717) is 16.9 Å². The van der Waals surface area contributed by atoms with Gasteiger partial charge in [0.2, 0.25) is 0 Å². The van der Waals surface area contributed by atoms with Crippen LogP contribution in [0.3, 0.4) is 0 Å². The first-order valence-electron chi connectivity index (χ1n) is 7.40.